The number of carbonyl (C=O) groups excluding carboxylic acids is 2. The van der Waals surface area contributed by atoms with E-state index in [0.29, 0.717) is 12.8 Å². The third-order valence-corrected chi connectivity index (χ3v) is 6.73. The lowest BCUT2D eigenvalue weighted by Gasteiger charge is -2.30. The van der Waals surface area contributed by atoms with Gasteiger partial charge in [-0.1, -0.05) is 61.4 Å². The van der Waals surface area contributed by atoms with Gasteiger partial charge < -0.3 is 25.4 Å². The zero-order valence-electron chi connectivity index (χ0n) is 19.5. The van der Waals surface area contributed by atoms with Crippen molar-refractivity contribution in [3.8, 4) is 11.1 Å². The summed E-state index contributed by atoms with van der Waals surface area (Å²) in [5, 5.41) is 14.9. The molecule has 0 aromatic heterocycles. The number of hydrogen-bond donors (Lipinski definition) is 3. The molecular formula is C26H31N3O5. The number of carboxylic acid groups (broad SMARTS) is 1. The van der Waals surface area contributed by atoms with Gasteiger partial charge in [0.1, 0.15) is 18.2 Å². The summed E-state index contributed by atoms with van der Waals surface area (Å²) >= 11 is 0. The number of alkyl carbamates (subject to hydrolysis) is 1. The summed E-state index contributed by atoms with van der Waals surface area (Å²) in [6.45, 7) is 0.304. The number of benzene rings is 2. The van der Waals surface area contributed by atoms with Crippen molar-refractivity contribution in [2.45, 2.75) is 43.2 Å². The number of nitrogens with one attached hydrogen (secondary N) is 2. The molecule has 8 nitrogen and oxygen atoms in total. The van der Waals surface area contributed by atoms with Crippen LogP contribution in [0.1, 0.15) is 42.7 Å². The maximum atomic E-state index is 13.1. The molecule has 180 valence electrons. The van der Waals surface area contributed by atoms with E-state index in [0.717, 1.165) is 35.1 Å². The summed E-state index contributed by atoms with van der Waals surface area (Å²) in [5.74, 6) is -1.67. The number of nitrogens with zero attached hydrogens (tertiary/aromatic N) is 1. The van der Waals surface area contributed by atoms with Gasteiger partial charge in [-0.15, -0.1) is 0 Å². The lowest BCUT2D eigenvalue weighted by Crippen LogP contribution is -2.61. The molecule has 1 atom stereocenters. The number of amides is 2. The minimum atomic E-state index is -1.16. The summed E-state index contributed by atoms with van der Waals surface area (Å²) < 4.78 is 5.64. The summed E-state index contributed by atoms with van der Waals surface area (Å²) in [6, 6.07) is 15.1. The highest BCUT2D eigenvalue weighted by molar-refractivity contribution is 5.93. The van der Waals surface area contributed by atoms with Crippen LogP contribution in [0.2, 0.25) is 0 Å². The summed E-state index contributed by atoms with van der Waals surface area (Å²) in [4.78, 5) is 39.3. The molecule has 2 aliphatic carbocycles. The van der Waals surface area contributed by atoms with Crippen LogP contribution in [0.25, 0.3) is 11.1 Å². The van der Waals surface area contributed by atoms with Gasteiger partial charge in [0.2, 0.25) is 5.91 Å². The zero-order chi connectivity index (χ0) is 24.3. The minimum Gasteiger partial charge on any atom is -0.480 e. The van der Waals surface area contributed by atoms with Crippen LogP contribution in [0.15, 0.2) is 48.5 Å². The molecule has 2 aromatic rings. The largest absolute Gasteiger partial charge is 0.480 e. The summed E-state index contributed by atoms with van der Waals surface area (Å²) in [5.41, 5.74) is 3.33. The lowest BCUT2D eigenvalue weighted by molar-refractivity contribution is -0.143. The molecule has 0 aliphatic heterocycles. The second kappa shape index (κ2) is 9.85. The second-order valence-electron chi connectivity index (χ2n) is 9.37. The average Bonchev–Trinajstić information content (AvgIpc) is 3.40. The number of ether oxygens (including phenoxy) is 1. The Hall–Kier alpha value is -3.39. The van der Waals surface area contributed by atoms with Gasteiger partial charge in [0.25, 0.3) is 0 Å². The highest BCUT2D eigenvalue weighted by atomic mass is 16.5. The first-order chi connectivity index (χ1) is 16.3. The van der Waals surface area contributed by atoms with E-state index in [4.69, 9.17) is 4.74 Å². The van der Waals surface area contributed by atoms with Crippen molar-refractivity contribution in [2.24, 2.45) is 0 Å². The van der Waals surface area contributed by atoms with Gasteiger partial charge in [-0.05, 0) is 49.2 Å². The van der Waals surface area contributed by atoms with Crippen molar-refractivity contribution in [2.75, 3.05) is 27.2 Å². The number of fused-ring (bicyclic) bond motifs is 3. The minimum absolute atomic E-state index is 0.0806. The highest BCUT2D eigenvalue weighted by Crippen LogP contribution is 2.44. The Morgan fingerprint density at radius 3 is 2.12 bits per heavy atom. The van der Waals surface area contributed by atoms with E-state index in [1.807, 2.05) is 36.4 Å². The van der Waals surface area contributed by atoms with Crippen molar-refractivity contribution in [3.05, 3.63) is 59.7 Å². The smallest absolute Gasteiger partial charge is 0.408 e. The van der Waals surface area contributed by atoms with Crippen molar-refractivity contribution >= 4 is 18.0 Å². The standard InChI is InChI=1S/C26H31N3O5/c1-29(2)15-22(23(30)31)27-24(32)26(13-7-8-14-26)28-25(33)34-16-21-19-11-5-3-9-17(19)18-10-4-6-12-20(18)21/h3-6,9-12,21-22H,7-8,13-16H2,1-2H3,(H,27,32)(H,28,33)(H,30,31)/t22-/m0/s1. The van der Waals surface area contributed by atoms with Gasteiger partial charge in [0.15, 0.2) is 0 Å². The maximum absolute atomic E-state index is 13.1. The van der Waals surface area contributed by atoms with Crippen molar-refractivity contribution < 1.29 is 24.2 Å². The Labute approximate surface area is 199 Å². The van der Waals surface area contributed by atoms with Crippen LogP contribution in [-0.2, 0) is 14.3 Å². The van der Waals surface area contributed by atoms with E-state index >= 15 is 0 Å². The van der Waals surface area contributed by atoms with Crippen molar-refractivity contribution in [1.29, 1.82) is 0 Å². The molecule has 0 heterocycles. The van der Waals surface area contributed by atoms with Crippen LogP contribution in [0, 0.1) is 0 Å². The van der Waals surface area contributed by atoms with E-state index < -0.39 is 29.6 Å². The van der Waals surface area contributed by atoms with Crippen molar-refractivity contribution in [3.63, 3.8) is 0 Å². The Balaban J connectivity index is 1.44. The van der Waals surface area contributed by atoms with Crippen LogP contribution in [0.4, 0.5) is 4.79 Å². The van der Waals surface area contributed by atoms with Gasteiger partial charge >= 0.3 is 12.1 Å². The van der Waals surface area contributed by atoms with Gasteiger partial charge in [0.05, 0.1) is 0 Å². The van der Waals surface area contributed by atoms with Crippen LogP contribution in [0.3, 0.4) is 0 Å². The zero-order valence-corrected chi connectivity index (χ0v) is 19.5. The second-order valence-corrected chi connectivity index (χ2v) is 9.37. The summed E-state index contributed by atoms with van der Waals surface area (Å²) in [6.07, 6.45) is 1.75. The fraction of sp³-hybridized carbons (Fsp3) is 0.423. The molecule has 2 aromatic carbocycles. The first kappa shape index (κ1) is 23.8. The quantitative estimate of drug-likeness (QED) is 0.553. The Kier molecular flexibility index (Phi) is 6.88. The summed E-state index contributed by atoms with van der Waals surface area (Å²) in [7, 11) is 3.48. The van der Waals surface area contributed by atoms with E-state index in [2.05, 4.69) is 22.8 Å². The number of aliphatic carboxylic acids is 1. The normalized spacial score (nSPS) is 17.0. The van der Waals surface area contributed by atoms with Gasteiger partial charge in [-0.3, -0.25) is 4.79 Å². The van der Waals surface area contributed by atoms with Gasteiger partial charge in [0, 0.05) is 12.5 Å². The molecule has 2 amide bonds. The fourth-order valence-corrected chi connectivity index (χ4v) is 5.06. The first-order valence-electron chi connectivity index (χ1n) is 11.6. The molecule has 0 bridgehead atoms. The molecule has 2 aliphatic rings. The molecule has 0 saturated heterocycles. The van der Waals surface area contributed by atoms with Crippen LogP contribution >= 0.6 is 0 Å². The van der Waals surface area contributed by atoms with E-state index in [1.54, 1.807) is 19.0 Å². The third kappa shape index (κ3) is 4.77. The fourth-order valence-electron chi connectivity index (χ4n) is 5.06. The Morgan fingerprint density at radius 1 is 1.03 bits per heavy atom. The molecule has 0 radical (unpaired) electrons. The van der Waals surface area contributed by atoms with E-state index in [9.17, 15) is 19.5 Å². The van der Waals surface area contributed by atoms with Crippen LogP contribution < -0.4 is 10.6 Å². The van der Waals surface area contributed by atoms with E-state index in [-0.39, 0.29) is 19.1 Å². The average molecular weight is 466 g/mol. The maximum Gasteiger partial charge on any atom is 0.408 e. The Morgan fingerprint density at radius 2 is 1.59 bits per heavy atom. The van der Waals surface area contributed by atoms with Gasteiger partial charge in [-0.2, -0.15) is 0 Å². The lowest BCUT2D eigenvalue weighted by atomic mass is 9.96. The number of likely N-dealkylation sites (N-methyl/N-ethyl adjacent to an activating group) is 1. The SMILES string of the molecule is CN(C)C[C@H](NC(=O)C1(NC(=O)OCC2c3ccccc3-c3ccccc32)CCCC1)C(=O)O. The number of hydrogen-bond acceptors (Lipinski definition) is 5. The predicted molar refractivity (Wildman–Crippen MR) is 128 cm³/mol. The van der Waals surface area contributed by atoms with E-state index in [1.165, 1.54) is 0 Å². The predicted octanol–water partition coefficient (Wildman–Crippen LogP) is 2.97. The first-order valence-corrected chi connectivity index (χ1v) is 11.6. The number of carbonyl (C=O) groups is 3. The third-order valence-electron chi connectivity index (χ3n) is 6.73. The van der Waals surface area contributed by atoms with Gasteiger partial charge in [-0.25, -0.2) is 9.59 Å². The molecule has 1 saturated carbocycles. The number of carboxylic acids is 1. The molecule has 0 spiro atoms. The molecular weight excluding hydrogens is 434 g/mol. The molecule has 8 heteroatoms. The monoisotopic (exact) mass is 465 g/mol. The van der Waals surface area contributed by atoms with Crippen LogP contribution in [0.5, 0.6) is 0 Å². The molecule has 1 fully saturated rings. The molecule has 4 rings (SSSR count). The highest BCUT2D eigenvalue weighted by Gasteiger charge is 2.44. The Bertz CT molecular complexity index is 1030. The molecule has 0 unspecified atom stereocenters. The van der Waals surface area contributed by atoms with Crippen LogP contribution in [-0.4, -0.2) is 66.8 Å². The topological polar surface area (TPSA) is 108 Å². The van der Waals surface area contributed by atoms with Crippen molar-refractivity contribution in [1.82, 2.24) is 15.5 Å². The number of rotatable bonds is 8. The molecule has 34 heavy (non-hydrogen) atoms. The molecule has 3 N–H and O–H groups in total.